The third-order valence-corrected chi connectivity index (χ3v) is 6.47. The Labute approximate surface area is 199 Å². The van der Waals surface area contributed by atoms with Gasteiger partial charge < -0.3 is 4.90 Å². The number of carbonyl (C=O) groups is 1. The summed E-state index contributed by atoms with van der Waals surface area (Å²) < 4.78 is 53.6. The summed E-state index contributed by atoms with van der Waals surface area (Å²) in [5, 5.41) is 0.410. The molecule has 2 aromatic heterocycles. The number of halogens is 3. The van der Waals surface area contributed by atoms with Gasteiger partial charge in [0, 0.05) is 23.5 Å². The predicted molar refractivity (Wildman–Crippen MR) is 126 cm³/mol. The Kier molecular flexibility index (Phi) is 6.33. The Balaban J connectivity index is 1.88. The lowest BCUT2D eigenvalue weighted by Gasteiger charge is -2.25. The summed E-state index contributed by atoms with van der Waals surface area (Å²) in [4.78, 5) is 22.5. The third-order valence-electron chi connectivity index (χ3n) is 5.14. The van der Waals surface area contributed by atoms with Gasteiger partial charge in [0.15, 0.2) is 9.84 Å². The number of nitrogens with zero attached hydrogens (tertiary/aromatic N) is 3. The number of hydrogen-bond donors (Lipinski definition) is 0. The molecular weight excluding hydrogens is 484 g/mol. The van der Waals surface area contributed by atoms with Crippen LogP contribution in [0.5, 0.6) is 0 Å². The van der Waals surface area contributed by atoms with E-state index in [1.54, 1.807) is 25.1 Å². The summed E-state index contributed by atoms with van der Waals surface area (Å²) in [5.41, 5.74) is 1.42. The van der Waals surface area contributed by atoms with Crippen molar-refractivity contribution in [3.63, 3.8) is 0 Å². The zero-order valence-electron chi connectivity index (χ0n) is 18.1. The van der Waals surface area contributed by atoms with Gasteiger partial charge in [0.05, 0.1) is 28.2 Å². The average molecular weight is 502 g/mol. The number of sulfone groups is 1. The summed E-state index contributed by atoms with van der Waals surface area (Å²) in [6.45, 7) is 1.53. The van der Waals surface area contributed by atoms with Crippen LogP contribution in [0.1, 0.15) is 21.6 Å². The van der Waals surface area contributed by atoms with E-state index in [2.05, 4.69) is 9.97 Å². The number of anilines is 1. The fourth-order valence-electron chi connectivity index (χ4n) is 3.52. The Bertz CT molecular complexity index is 1530. The topological polar surface area (TPSA) is 80.2 Å². The molecule has 0 atom stereocenters. The highest BCUT2D eigenvalue weighted by Crippen LogP contribution is 2.30. The van der Waals surface area contributed by atoms with Gasteiger partial charge in [-0.25, -0.2) is 22.2 Å². The Morgan fingerprint density at radius 1 is 1.06 bits per heavy atom. The first kappa shape index (κ1) is 23.7. The van der Waals surface area contributed by atoms with E-state index in [4.69, 9.17) is 11.6 Å². The van der Waals surface area contributed by atoms with Crippen molar-refractivity contribution < 1.29 is 22.0 Å². The van der Waals surface area contributed by atoms with Crippen LogP contribution < -0.4 is 4.90 Å². The van der Waals surface area contributed by atoms with E-state index >= 15 is 0 Å². The molecule has 0 saturated carbocycles. The normalized spacial score (nSPS) is 11.6. The van der Waals surface area contributed by atoms with Crippen molar-refractivity contribution >= 4 is 43.9 Å². The van der Waals surface area contributed by atoms with E-state index in [0.717, 1.165) is 23.3 Å². The van der Waals surface area contributed by atoms with E-state index in [-0.39, 0.29) is 38.7 Å². The average Bonchev–Trinajstić information content (AvgIpc) is 2.77. The Morgan fingerprint density at radius 3 is 2.50 bits per heavy atom. The molecule has 0 N–H and O–H groups in total. The summed E-state index contributed by atoms with van der Waals surface area (Å²) in [5.74, 6) is -1.95. The molecule has 1 amide bonds. The maximum atomic E-state index is 14.8. The molecule has 0 aliphatic carbocycles. The predicted octanol–water partition coefficient (Wildman–Crippen LogP) is 5.12. The maximum Gasteiger partial charge on any atom is 0.260 e. The third kappa shape index (κ3) is 4.90. The molecule has 34 heavy (non-hydrogen) atoms. The molecule has 2 aromatic carbocycles. The molecule has 4 rings (SSSR count). The fourth-order valence-corrected chi connectivity index (χ4v) is 4.56. The zero-order valence-corrected chi connectivity index (χ0v) is 19.7. The highest BCUT2D eigenvalue weighted by atomic mass is 35.5. The summed E-state index contributed by atoms with van der Waals surface area (Å²) in [6.07, 6.45) is 2.28. The molecule has 0 saturated heterocycles. The van der Waals surface area contributed by atoms with Crippen molar-refractivity contribution in [2.75, 3.05) is 11.2 Å². The second kappa shape index (κ2) is 9.08. The minimum Gasteiger partial charge on any atom is -0.303 e. The van der Waals surface area contributed by atoms with Crippen molar-refractivity contribution in [3.05, 3.63) is 94.4 Å². The SMILES string of the molecule is Cc1ccc(C(=O)N(Cc2cc(F)c3ccc(Cl)nc3c2)c2ccc(F)cc2S(C)(=O)=O)cn1. The standard InChI is InChI=1S/C24H18ClF2N3O3S/c1-14-3-4-16(12-28-14)24(31)30(21-7-5-17(26)11-22(21)34(2,32)33)13-15-9-19(27)18-6-8-23(25)29-20(18)10-15/h3-12H,13H2,1-2H3. The van der Waals surface area contributed by atoms with Gasteiger partial charge in [-0.1, -0.05) is 11.6 Å². The van der Waals surface area contributed by atoms with Crippen molar-refractivity contribution in [3.8, 4) is 0 Å². The van der Waals surface area contributed by atoms with Gasteiger partial charge in [-0.05, 0) is 67.1 Å². The maximum absolute atomic E-state index is 14.8. The number of aromatic nitrogens is 2. The number of aryl methyl sites for hydroxylation is 1. The minimum atomic E-state index is -3.92. The number of amides is 1. The molecule has 4 aromatic rings. The monoisotopic (exact) mass is 501 g/mol. The molecule has 0 aliphatic heterocycles. The van der Waals surface area contributed by atoms with E-state index in [1.807, 2.05) is 0 Å². The van der Waals surface area contributed by atoms with Gasteiger partial charge in [-0.2, -0.15) is 0 Å². The summed E-state index contributed by atoms with van der Waals surface area (Å²) in [6, 6.07) is 12.0. The number of pyridine rings is 2. The molecule has 174 valence electrons. The Hall–Kier alpha value is -3.43. The minimum absolute atomic E-state index is 0.0472. The molecular formula is C24H18ClF2N3O3S. The number of rotatable bonds is 5. The van der Waals surface area contributed by atoms with Crippen LogP contribution in [0.15, 0.2) is 65.7 Å². The van der Waals surface area contributed by atoms with Gasteiger partial charge in [0.2, 0.25) is 0 Å². The molecule has 0 unspecified atom stereocenters. The first-order valence-corrected chi connectivity index (χ1v) is 12.3. The molecule has 0 bridgehead atoms. The first-order valence-electron chi connectivity index (χ1n) is 10.0. The number of carbonyl (C=O) groups excluding carboxylic acids is 1. The smallest absolute Gasteiger partial charge is 0.260 e. The largest absolute Gasteiger partial charge is 0.303 e. The van der Waals surface area contributed by atoms with Crippen LogP contribution in [0.4, 0.5) is 14.5 Å². The zero-order chi connectivity index (χ0) is 24.6. The molecule has 0 fully saturated rings. The van der Waals surface area contributed by atoms with E-state index in [1.165, 1.54) is 30.5 Å². The van der Waals surface area contributed by atoms with E-state index < -0.39 is 27.4 Å². The van der Waals surface area contributed by atoms with Gasteiger partial charge in [0.1, 0.15) is 16.8 Å². The van der Waals surface area contributed by atoms with Crippen molar-refractivity contribution in [1.82, 2.24) is 9.97 Å². The Morgan fingerprint density at radius 2 is 1.82 bits per heavy atom. The van der Waals surface area contributed by atoms with Crippen LogP contribution in [-0.2, 0) is 16.4 Å². The van der Waals surface area contributed by atoms with Crippen LogP contribution in [0.3, 0.4) is 0 Å². The van der Waals surface area contributed by atoms with Crippen molar-refractivity contribution in [2.45, 2.75) is 18.4 Å². The molecule has 2 heterocycles. The molecule has 0 spiro atoms. The van der Waals surface area contributed by atoms with Crippen molar-refractivity contribution in [2.24, 2.45) is 0 Å². The van der Waals surface area contributed by atoms with Crippen LogP contribution in [0.2, 0.25) is 5.15 Å². The van der Waals surface area contributed by atoms with Crippen LogP contribution in [0, 0.1) is 18.6 Å². The van der Waals surface area contributed by atoms with E-state index in [9.17, 15) is 22.0 Å². The van der Waals surface area contributed by atoms with Gasteiger partial charge in [0.25, 0.3) is 5.91 Å². The van der Waals surface area contributed by atoms with Crippen LogP contribution >= 0.6 is 11.6 Å². The summed E-state index contributed by atoms with van der Waals surface area (Å²) in [7, 11) is -3.92. The van der Waals surface area contributed by atoms with Gasteiger partial charge in [-0.3, -0.25) is 9.78 Å². The lowest BCUT2D eigenvalue weighted by molar-refractivity contribution is 0.0984. The number of benzene rings is 2. The van der Waals surface area contributed by atoms with E-state index in [0.29, 0.717) is 11.3 Å². The fraction of sp³-hybridized carbons (Fsp3) is 0.125. The number of hydrogen-bond acceptors (Lipinski definition) is 5. The molecule has 10 heteroatoms. The van der Waals surface area contributed by atoms with Gasteiger partial charge >= 0.3 is 0 Å². The quantitative estimate of drug-likeness (QED) is 0.355. The molecule has 0 radical (unpaired) electrons. The van der Waals surface area contributed by atoms with Crippen molar-refractivity contribution in [1.29, 1.82) is 0 Å². The highest BCUT2D eigenvalue weighted by molar-refractivity contribution is 7.90. The summed E-state index contributed by atoms with van der Waals surface area (Å²) >= 11 is 5.95. The highest BCUT2D eigenvalue weighted by Gasteiger charge is 2.26. The van der Waals surface area contributed by atoms with Gasteiger partial charge in [-0.15, -0.1) is 0 Å². The molecule has 6 nitrogen and oxygen atoms in total. The van der Waals surface area contributed by atoms with Crippen LogP contribution in [0.25, 0.3) is 10.9 Å². The first-order chi connectivity index (χ1) is 16.0. The number of fused-ring (bicyclic) bond motifs is 1. The second-order valence-electron chi connectivity index (χ2n) is 7.74. The lowest BCUT2D eigenvalue weighted by Crippen LogP contribution is -2.32. The molecule has 0 aliphatic rings. The lowest BCUT2D eigenvalue weighted by atomic mass is 10.1. The second-order valence-corrected chi connectivity index (χ2v) is 10.1. The van der Waals surface area contributed by atoms with Crippen LogP contribution in [-0.4, -0.2) is 30.5 Å².